The maximum atomic E-state index is 12.1. The molecule has 0 spiro atoms. The molecule has 2 rings (SSSR count). The molecule has 1 aromatic heterocycles. The Morgan fingerprint density at radius 1 is 1.47 bits per heavy atom. The minimum absolute atomic E-state index is 0.137. The van der Waals surface area contributed by atoms with Crippen LogP contribution >= 0.6 is 0 Å². The van der Waals surface area contributed by atoms with Gasteiger partial charge in [0.15, 0.2) is 0 Å². The first-order chi connectivity index (χ1) is 9.00. The van der Waals surface area contributed by atoms with Crippen LogP contribution in [-0.4, -0.2) is 44.9 Å². The van der Waals surface area contributed by atoms with Crippen molar-refractivity contribution in [1.82, 2.24) is 15.1 Å². The van der Waals surface area contributed by atoms with E-state index in [1.54, 1.807) is 0 Å². The third-order valence-corrected chi connectivity index (χ3v) is 3.21. The van der Waals surface area contributed by atoms with Gasteiger partial charge in [-0.1, -0.05) is 0 Å². The fraction of sp³-hybridized carbons (Fsp3) is 0.500. The van der Waals surface area contributed by atoms with Crippen LogP contribution in [0.5, 0.6) is 0 Å². The molecule has 0 bridgehead atoms. The largest absolute Gasteiger partial charge is 0.369 e. The molecular weight excluding hydrogens is 254 g/mol. The number of H-pyrrole nitrogens is 1. The molecule has 1 saturated heterocycles. The van der Waals surface area contributed by atoms with Gasteiger partial charge >= 0.3 is 5.69 Å². The summed E-state index contributed by atoms with van der Waals surface area (Å²) in [6.07, 6.45) is 1.95. The van der Waals surface area contributed by atoms with Gasteiger partial charge in [0.1, 0.15) is 6.20 Å². The van der Waals surface area contributed by atoms with Crippen molar-refractivity contribution in [2.75, 3.05) is 13.1 Å². The van der Waals surface area contributed by atoms with Crippen LogP contribution in [-0.2, 0) is 4.79 Å². The lowest BCUT2D eigenvalue weighted by Gasteiger charge is -2.29. The average molecular weight is 267 g/mol. The lowest BCUT2D eigenvalue weighted by atomic mass is 9.96. The molecular formula is C10H13N5O4. The predicted molar refractivity (Wildman–Crippen MR) is 63.1 cm³/mol. The number of piperidine rings is 1. The highest BCUT2D eigenvalue weighted by molar-refractivity contribution is 5.96. The number of nitrogens with one attached hydrogen (secondary N) is 1. The third kappa shape index (κ3) is 2.54. The van der Waals surface area contributed by atoms with Crippen LogP contribution in [0.2, 0.25) is 0 Å². The highest BCUT2D eigenvalue weighted by atomic mass is 16.6. The second-order valence-corrected chi connectivity index (χ2v) is 4.36. The van der Waals surface area contributed by atoms with E-state index in [4.69, 9.17) is 5.73 Å². The number of carbonyl (C=O) groups excluding carboxylic acids is 2. The Labute approximate surface area is 107 Å². The summed E-state index contributed by atoms with van der Waals surface area (Å²) in [6, 6.07) is 0. The van der Waals surface area contributed by atoms with Crippen molar-refractivity contribution in [2.45, 2.75) is 12.8 Å². The van der Waals surface area contributed by atoms with Crippen molar-refractivity contribution in [3.05, 3.63) is 22.0 Å². The molecule has 9 heteroatoms. The lowest BCUT2D eigenvalue weighted by molar-refractivity contribution is -0.385. The van der Waals surface area contributed by atoms with Crippen LogP contribution in [0.3, 0.4) is 0 Å². The van der Waals surface area contributed by atoms with Gasteiger partial charge in [0.05, 0.1) is 4.92 Å². The summed E-state index contributed by atoms with van der Waals surface area (Å²) in [5.41, 5.74) is 4.72. The van der Waals surface area contributed by atoms with E-state index >= 15 is 0 Å². The average Bonchev–Trinajstić information content (AvgIpc) is 2.87. The number of hydrogen-bond donors (Lipinski definition) is 2. The van der Waals surface area contributed by atoms with Gasteiger partial charge in [-0.2, -0.15) is 5.10 Å². The molecule has 9 nitrogen and oxygen atoms in total. The second kappa shape index (κ2) is 5.04. The van der Waals surface area contributed by atoms with Gasteiger partial charge in [0, 0.05) is 19.0 Å². The molecule has 0 radical (unpaired) electrons. The van der Waals surface area contributed by atoms with Gasteiger partial charge in [-0.25, -0.2) is 0 Å². The highest BCUT2D eigenvalue weighted by Crippen LogP contribution is 2.21. The number of likely N-dealkylation sites (tertiary alicyclic amines) is 1. The Kier molecular flexibility index (Phi) is 3.45. The van der Waals surface area contributed by atoms with Crippen molar-refractivity contribution >= 4 is 17.5 Å². The Morgan fingerprint density at radius 3 is 2.63 bits per heavy atom. The molecule has 0 saturated carbocycles. The summed E-state index contributed by atoms with van der Waals surface area (Å²) in [5, 5.41) is 16.6. The zero-order valence-electron chi connectivity index (χ0n) is 10.0. The van der Waals surface area contributed by atoms with Gasteiger partial charge < -0.3 is 10.6 Å². The van der Waals surface area contributed by atoms with Gasteiger partial charge in [-0.3, -0.25) is 24.8 Å². The Morgan fingerprint density at radius 2 is 2.11 bits per heavy atom. The molecule has 1 aliphatic rings. The normalized spacial score (nSPS) is 16.3. The van der Waals surface area contributed by atoms with Crippen molar-refractivity contribution in [1.29, 1.82) is 0 Å². The van der Waals surface area contributed by atoms with E-state index in [1.165, 1.54) is 4.90 Å². The smallest absolute Gasteiger partial charge is 0.319 e. The van der Waals surface area contributed by atoms with E-state index in [0.717, 1.165) is 6.20 Å². The zero-order chi connectivity index (χ0) is 14.0. The fourth-order valence-corrected chi connectivity index (χ4v) is 2.10. The Balaban J connectivity index is 2.07. The lowest BCUT2D eigenvalue weighted by Crippen LogP contribution is -2.42. The quantitative estimate of drug-likeness (QED) is 0.570. The van der Waals surface area contributed by atoms with E-state index in [2.05, 4.69) is 10.2 Å². The summed E-state index contributed by atoms with van der Waals surface area (Å²) < 4.78 is 0. The number of nitrogens with two attached hydrogens (primary N) is 1. The number of aromatic nitrogens is 2. The van der Waals surface area contributed by atoms with E-state index in [1.807, 2.05) is 0 Å². The molecule has 2 amide bonds. The van der Waals surface area contributed by atoms with Crippen LogP contribution in [0.15, 0.2) is 6.20 Å². The number of nitrogens with zero attached hydrogens (tertiary/aromatic N) is 3. The van der Waals surface area contributed by atoms with E-state index in [9.17, 15) is 19.7 Å². The maximum absolute atomic E-state index is 12.1. The predicted octanol–water partition coefficient (Wildman–Crippen LogP) is -0.345. The number of rotatable bonds is 3. The summed E-state index contributed by atoms with van der Waals surface area (Å²) in [5.74, 6) is -1.09. The molecule has 1 aromatic rings. The van der Waals surface area contributed by atoms with E-state index < -0.39 is 10.8 Å². The highest BCUT2D eigenvalue weighted by Gasteiger charge is 2.31. The van der Waals surface area contributed by atoms with Crippen LogP contribution in [0, 0.1) is 16.0 Å². The third-order valence-electron chi connectivity index (χ3n) is 3.21. The maximum Gasteiger partial charge on any atom is 0.319 e. The SMILES string of the molecule is NC(=O)C1CCN(C(=O)c2[nH]ncc2[N+](=O)[O-])CC1. The number of nitro groups is 1. The summed E-state index contributed by atoms with van der Waals surface area (Å²) >= 11 is 0. The van der Waals surface area contributed by atoms with Crippen molar-refractivity contribution in [2.24, 2.45) is 11.7 Å². The molecule has 0 aliphatic carbocycles. The number of amides is 2. The van der Waals surface area contributed by atoms with Gasteiger partial charge in [-0.15, -0.1) is 0 Å². The minimum Gasteiger partial charge on any atom is -0.369 e. The molecule has 102 valence electrons. The van der Waals surface area contributed by atoms with E-state index in [-0.39, 0.29) is 23.2 Å². The number of carbonyl (C=O) groups is 2. The molecule has 0 unspecified atom stereocenters. The standard InChI is InChI=1S/C10H13N5O4/c11-9(16)6-1-3-14(4-2-6)10(17)8-7(15(18)19)5-12-13-8/h5-6H,1-4H2,(H2,11,16)(H,12,13). The number of aromatic amines is 1. The molecule has 0 atom stereocenters. The van der Waals surface area contributed by atoms with Crippen molar-refractivity contribution < 1.29 is 14.5 Å². The van der Waals surface area contributed by atoms with Gasteiger partial charge in [-0.05, 0) is 12.8 Å². The van der Waals surface area contributed by atoms with Gasteiger partial charge in [0.25, 0.3) is 5.91 Å². The first-order valence-electron chi connectivity index (χ1n) is 5.77. The van der Waals surface area contributed by atoms with Crippen LogP contribution in [0.25, 0.3) is 0 Å². The Bertz CT molecular complexity index is 518. The van der Waals surface area contributed by atoms with Crippen molar-refractivity contribution in [3.63, 3.8) is 0 Å². The summed E-state index contributed by atoms with van der Waals surface area (Å²) in [4.78, 5) is 34.6. The monoisotopic (exact) mass is 267 g/mol. The van der Waals surface area contributed by atoms with Crippen molar-refractivity contribution in [3.8, 4) is 0 Å². The zero-order valence-corrected chi connectivity index (χ0v) is 10.0. The summed E-state index contributed by atoms with van der Waals surface area (Å²) in [7, 11) is 0. The van der Waals surface area contributed by atoms with Crippen LogP contribution in [0.1, 0.15) is 23.3 Å². The molecule has 1 aliphatic heterocycles. The van der Waals surface area contributed by atoms with Crippen LogP contribution in [0.4, 0.5) is 5.69 Å². The van der Waals surface area contributed by atoms with Crippen LogP contribution < -0.4 is 5.73 Å². The minimum atomic E-state index is -0.660. The topological polar surface area (TPSA) is 135 Å². The summed E-state index contributed by atoms with van der Waals surface area (Å²) in [6.45, 7) is 0.700. The van der Waals surface area contributed by atoms with Gasteiger partial charge in [0.2, 0.25) is 11.6 Å². The molecule has 2 heterocycles. The molecule has 0 aromatic carbocycles. The molecule has 1 fully saturated rings. The number of hydrogen-bond acceptors (Lipinski definition) is 5. The molecule has 19 heavy (non-hydrogen) atoms. The number of primary amides is 1. The first kappa shape index (κ1) is 13.0. The Hall–Kier alpha value is -2.45. The fourth-order valence-electron chi connectivity index (χ4n) is 2.10. The molecule has 3 N–H and O–H groups in total. The first-order valence-corrected chi connectivity index (χ1v) is 5.77. The van der Waals surface area contributed by atoms with E-state index in [0.29, 0.717) is 25.9 Å². The second-order valence-electron chi connectivity index (χ2n) is 4.36.